The molecule has 2 nitrogen and oxygen atoms in total. The first kappa shape index (κ1) is 11.3. The maximum Gasteiger partial charge on any atom is 0.405 e. The highest BCUT2D eigenvalue weighted by atomic mass is 19.4. The molecule has 0 aliphatic carbocycles. The zero-order chi connectivity index (χ0) is 11.8. The van der Waals surface area contributed by atoms with Gasteiger partial charge in [0.25, 0.3) is 0 Å². The number of anilines is 1. The quantitative estimate of drug-likeness (QED) is 0.802. The van der Waals surface area contributed by atoms with Gasteiger partial charge in [0, 0.05) is 17.8 Å². The fraction of sp³-hybridized carbons (Fsp3) is 0.455. The zero-order valence-corrected chi connectivity index (χ0v) is 8.54. The molecule has 1 aromatic carbocycles. The van der Waals surface area contributed by atoms with Crippen LogP contribution in [0.3, 0.4) is 0 Å². The summed E-state index contributed by atoms with van der Waals surface area (Å²) in [6.45, 7) is -0.728. The van der Waals surface area contributed by atoms with E-state index in [0.717, 1.165) is 0 Å². The van der Waals surface area contributed by atoms with Crippen molar-refractivity contribution in [3.63, 3.8) is 0 Å². The van der Waals surface area contributed by atoms with Gasteiger partial charge in [-0.15, -0.1) is 0 Å². The number of para-hydroxylation sites is 1. The number of hydrogen-bond acceptors (Lipinski definition) is 2. The molecule has 0 saturated heterocycles. The van der Waals surface area contributed by atoms with Crippen LogP contribution < -0.4 is 4.90 Å². The van der Waals surface area contributed by atoms with Crippen molar-refractivity contribution in [2.75, 3.05) is 18.0 Å². The topological polar surface area (TPSA) is 23.5 Å². The Morgan fingerprint density at radius 3 is 2.69 bits per heavy atom. The summed E-state index contributed by atoms with van der Waals surface area (Å²) in [4.78, 5) is 1.27. The number of benzene rings is 1. The van der Waals surface area contributed by atoms with Crippen LogP contribution in [0.4, 0.5) is 18.9 Å². The molecule has 2 rings (SSSR count). The predicted molar refractivity (Wildman–Crippen MR) is 54.3 cm³/mol. The van der Waals surface area contributed by atoms with Gasteiger partial charge in [0.15, 0.2) is 0 Å². The van der Waals surface area contributed by atoms with Gasteiger partial charge in [-0.3, -0.25) is 0 Å². The molecule has 0 radical (unpaired) electrons. The van der Waals surface area contributed by atoms with E-state index in [1.807, 2.05) is 0 Å². The Morgan fingerprint density at radius 2 is 2.00 bits per heavy atom. The van der Waals surface area contributed by atoms with Gasteiger partial charge in [-0.1, -0.05) is 18.2 Å². The molecule has 0 amide bonds. The molecule has 0 bridgehead atoms. The zero-order valence-electron chi connectivity index (χ0n) is 8.54. The lowest BCUT2D eigenvalue weighted by molar-refractivity contribution is -0.120. The van der Waals surface area contributed by atoms with Crippen molar-refractivity contribution >= 4 is 5.69 Å². The van der Waals surface area contributed by atoms with E-state index in [1.54, 1.807) is 24.3 Å². The summed E-state index contributed by atoms with van der Waals surface area (Å²) in [6.07, 6.45) is -4.52. The van der Waals surface area contributed by atoms with Gasteiger partial charge < -0.3 is 10.0 Å². The highest BCUT2D eigenvalue weighted by Gasteiger charge is 2.34. The Kier molecular flexibility index (Phi) is 2.80. The first-order valence-corrected chi connectivity index (χ1v) is 5.06. The number of aliphatic hydroxyl groups is 1. The van der Waals surface area contributed by atoms with Gasteiger partial charge in [-0.05, 0) is 12.5 Å². The lowest BCUT2D eigenvalue weighted by atomic mass is 9.99. The molecule has 88 valence electrons. The van der Waals surface area contributed by atoms with E-state index < -0.39 is 18.8 Å². The minimum atomic E-state index is -4.21. The van der Waals surface area contributed by atoms with Crippen molar-refractivity contribution in [2.45, 2.75) is 18.7 Å². The van der Waals surface area contributed by atoms with Crippen molar-refractivity contribution in [2.24, 2.45) is 0 Å². The second-order valence-corrected chi connectivity index (χ2v) is 3.90. The summed E-state index contributed by atoms with van der Waals surface area (Å²) in [7, 11) is 0. The van der Waals surface area contributed by atoms with E-state index in [2.05, 4.69) is 0 Å². The minimum absolute atomic E-state index is 0.234. The molecular formula is C11H12F3NO. The lowest BCUT2D eigenvalue weighted by Crippen LogP contribution is -2.38. The standard InChI is InChI=1S/C11H12F3NO/c12-11(13,14)7-15-6-5-10(16)8-3-1-2-4-9(8)15/h1-4,10,16H,5-7H2. The molecular weight excluding hydrogens is 219 g/mol. The number of nitrogens with zero attached hydrogens (tertiary/aromatic N) is 1. The molecule has 1 atom stereocenters. The summed E-state index contributed by atoms with van der Waals surface area (Å²) in [6, 6.07) is 6.69. The molecule has 0 saturated carbocycles. The second-order valence-electron chi connectivity index (χ2n) is 3.90. The third-order valence-electron chi connectivity index (χ3n) is 2.68. The van der Waals surface area contributed by atoms with Crippen LogP contribution in [0, 0.1) is 0 Å². The van der Waals surface area contributed by atoms with Gasteiger partial charge in [-0.2, -0.15) is 13.2 Å². The Balaban J connectivity index is 2.28. The third-order valence-corrected chi connectivity index (χ3v) is 2.68. The van der Waals surface area contributed by atoms with Crippen molar-refractivity contribution < 1.29 is 18.3 Å². The summed E-state index contributed by atoms with van der Waals surface area (Å²) in [5.74, 6) is 0. The smallest absolute Gasteiger partial charge is 0.388 e. The van der Waals surface area contributed by atoms with Crippen molar-refractivity contribution in [1.82, 2.24) is 0 Å². The van der Waals surface area contributed by atoms with E-state index >= 15 is 0 Å². The van der Waals surface area contributed by atoms with E-state index in [4.69, 9.17) is 0 Å². The van der Waals surface area contributed by atoms with Gasteiger partial charge in [0.05, 0.1) is 6.10 Å². The largest absolute Gasteiger partial charge is 0.405 e. The molecule has 1 N–H and O–H groups in total. The van der Waals surface area contributed by atoms with Crippen LogP contribution in [-0.2, 0) is 0 Å². The molecule has 1 aliphatic rings. The average molecular weight is 231 g/mol. The highest BCUT2D eigenvalue weighted by Crippen LogP contribution is 2.34. The predicted octanol–water partition coefficient (Wildman–Crippen LogP) is 2.49. The molecule has 0 aromatic heterocycles. The SMILES string of the molecule is OC1CCN(CC(F)(F)F)c2ccccc21. The fourth-order valence-corrected chi connectivity index (χ4v) is 1.99. The van der Waals surface area contributed by atoms with Crippen LogP contribution in [0.25, 0.3) is 0 Å². The average Bonchev–Trinajstić information content (AvgIpc) is 2.21. The van der Waals surface area contributed by atoms with E-state index in [-0.39, 0.29) is 6.54 Å². The summed E-state index contributed by atoms with van der Waals surface area (Å²) in [5, 5.41) is 9.67. The number of aliphatic hydroxyl groups excluding tert-OH is 1. The van der Waals surface area contributed by atoms with Crippen LogP contribution in [0.2, 0.25) is 0 Å². The Hall–Kier alpha value is -1.23. The highest BCUT2D eigenvalue weighted by molar-refractivity contribution is 5.56. The molecule has 0 spiro atoms. The molecule has 1 heterocycles. The van der Waals surface area contributed by atoms with Gasteiger partial charge in [0.2, 0.25) is 0 Å². The first-order chi connectivity index (χ1) is 7.47. The van der Waals surface area contributed by atoms with E-state index in [1.165, 1.54) is 4.90 Å². The lowest BCUT2D eigenvalue weighted by Gasteiger charge is -2.34. The van der Waals surface area contributed by atoms with Gasteiger partial charge in [0.1, 0.15) is 6.54 Å². The number of alkyl halides is 3. The summed E-state index contributed by atoms with van der Waals surface area (Å²) < 4.78 is 37.0. The van der Waals surface area contributed by atoms with Crippen LogP contribution in [0.5, 0.6) is 0 Å². The van der Waals surface area contributed by atoms with Crippen LogP contribution in [-0.4, -0.2) is 24.4 Å². The summed E-state index contributed by atoms with van der Waals surface area (Å²) >= 11 is 0. The van der Waals surface area contributed by atoms with Crippen LogP contribution in [0.1, 0.15) is 18.1 Å². The fourth-order valence-electron chi connectivity index (χ4n) is 1.99. The maximum absolute atomic E-state index is 12.3. The Bertz CT molecular complexity index is 378. The molecule has 0 fully saturated rings. The van der Waals surface area contributed by atoms with Crippen LogP contribution >= 0.6 is 0 Å². The van der Waals surface area contributed by atoms with Crippen molar-refractivity contribution in [3.8, 4) is 0 Å². The number of fused-ring (bicyclic) bond motifs is 1. The van der Waals surface area contributed by atoms with Crippen molar-refractivity contribution in [1.29, 1.82) is 0 Å². The van der Waals surface area contributed by atoms with E-state index in [0.29, 0.717) is 17.7 Å². The normalized spacial score (nSPS) is 20.8. The third kappa shape index (κ3) is 2.29. The second kappa shape index (κ2) is 3.97. The van der Waals surface area contributed by atoms with E-state index in [9.17, 15) is 18.3 Å². The number of rotatable bonds is 1. The number of hydrogen-bond donors (Lipinski definition) is 1. The monoisotopic (exact) mass is 231 g/mol. The van der Waals surface area contributed by atoms with Gasteiger partial charge in [-0.25, -0.2) is 0 Å². The molecule has 5 heteroatoms. The van der Waals surface area contributed by atoms with Crippen LogP contribution in [0.15, 0.2) is 24.3 Å². The van der Waals surface area contributed by atoms with Crippen molar-refractivity contribution in [3.05, 3.63) is 29.8 Å². The molecule has 1 aromatic rings. The molecule has 1 unspecified atom stereocenters. The summed E-state index contributed by atoms with van der Waals surface area (Å²) in [5.41, 5.74) is 1.07. The molecule has 16 heavy (non-hydrogen) atoms. The number of halogens is 3. The minimum Gasteiger partial charge on any atom is -0.388 e. The maximum atomic E-state index is 12.3. The van der Waals surface area contributed by atoms with Gasteiger partial charge >= 0.3 is 6.18 Å². The Labute approximate surface area is 91.3 Å². The Morgan fingerprint density at radius 1 is 1.31 bits per heavy atom. The first-order valence-electron chi connectivity index (χ1n) is 5.06. The molecule has 1 aliphatic heterocycles.